The van der Waals surface area contributed by atoms with Crippen molar-refractivity contribution >= 4 is 132 Å². The van der Waals surface area contributed by atoms with Crippen molar-refractivity contribution in [1.29, 1.82) is 5.26 Å². The molecule has 5 heterocycles. The molecule has 0 bridgehead atoms. The fourth-order valence-corrected chi connectivity index (χ4v) is 11.8. The first-order chi connectivity index (χ1) is 37.6. The highest BCUT2D eigenvalue weighted by atomic mass is 16.3. The number of hydrogen-bond donors (Lipinski definition) is 0. The number of rotatable bonds is 6. The maximum absolute atomic E-state index is 11.1. The SMILES string of the molecule is [C-]#[N+]c1c(N(c2ccc(-c3ccc4oc5ccccc5c4c3)cc2)c2ccc3c(c2)oc2ccccc23)cc(C#N)cc1-n1c2cccc(-c3ccc4oc5ccccc5c4c3)c2c2c3oc4ccccc4c3ccc21. The molecule has 0 aliphatic heterocycles. The van der Waals surface area contributed by atoms with Gasteiger partial charge in [-0.25, -0.2) is 4.85 Å². The van der Waals surface area contributed by atoms with Crippen LogP contribution in [0.4, 0.5) is 22.7 Å². The summed E-state index contributed by atoms with van der Waals surface area (Å²) in [6.07, 6.45) is 0. The maximum atomic E-state index is 11.1. The lowest BCUT2D eigenvalue weighted by Gasteiger charge is -2.28. The second kappa shape index (κ2) is 15.8. The Labute approximate surface area is 432 Å². The molecule has 8 heteroatoms. The molecule has 0 saturated heterocycles. The van der Waals surface area contributed by atoms with Crippen LogP contribution in [0.25, 0.3) is 142 Å². The molecule has 0 saturated carbocycles. The molecular weight excluding hydrogens is 937 g/mol. The van der Waals surface area contributed by atoms with Gasteiger partial charge in [-0.15, -0.1) is 0 Å². The third-order valence-corrected chi connectivity index (χ3v) is 15.2. The van der Waals surface area contributed by atoms with Crippen molar-refractivity contribution < 1.29 is 17.7 Å². The molecular formula is C68H36N4O4. The van der Waals surface area contributed by atoms with Crippen LogP contribution in [0.1, 0.15) is 5.56 Å². The normalized spacial score (nSPS) is 11.9. The monoisotopic (exact) mass is 972 g/mol. The van der Waals surface area contributed by atoms with Gasteiger partial charge in [0.25, 0.3) is 0 Å². The van der Waals surface area contributed by atoms with E-state index in [1.54, 1.807) is 0 Å². The van der Waals surface area contributed by atoms with E-state index in [9.17, 15) is 11.8 Å². The summed E-state index contributed by atoms with van der Waals surface area (Å²) in [5.41, 5.74) is 15.4. The molecule has 0 aliphatic carbocycles. The molecule has 0 amide bonds. The van der Waals surface area contributed by atoms with Crippen LogP contribution in [0, 0.1) is 17.9 Å². The first-order valence-electron chi connectivity index (χ1n) is 25.0. The number of hydrogen-bond acceptors (Lipinski definition) is 6. The molecule has 0 radical (unpaired) electrons. The van der Waals surface area contributed by atoms with Crippen LogP contribution in [0.3, 0.4) is 0 Å². The average molecular weight is 973 g/mol. The minimum Gasteiger partial charge on any atom is -0.456 e. The maximum Gasteiger partial charge on any atom is 0.234 e. The first kappa shape index (κ1) is 41.8. The van der Waals surface area contributed by atoms with Crippen LogP contribution in [0.2, 0.25) is 0 Å². The summed E-state index contributed by atoms with van der Waals surface area (Å²) < 4.78 is 28.0. The lowest BCUT2D eigenvalue weighted by molar-refractivity contribution is 0.668. The van der Waals surface area contributed by atoms with E-state index in [4.69, 9.17) is 17.7 Å². The van der Waals surface area contributed by atoms with Crippen molar-refractivity contribution in [1.82, 2.24) is 4.57 Å². The molecule has 0 fully saturated rings. The number of fused-ring (bicyclic) bond motifs is 16. The molecule has 0 spiro atoms. The number of nitriles is 1. The van der Waals surface area contributed by atoms with Gasteiger partial charge in [-0.3, -0.25) is 0 Å². The molecule has 352 valence electrons. The van der Waals surface area contributed by atoms with Crippen LogP contribution >= 0.6 is 0 Å². The van der Waals surface area contributed by atoms with Gasteiger partial charge >= 0.3 is 0 Å². The van der Waals surface area contributed by atoms with Gasteiger partial charge in [-0.05, 0) is 125 Å². The van der Waals surface area contributed by atoms with Crippen LogP contribution in [0.5, 0.6) is 0 Å². The summed E-state index contributed by atoms with van der Waals surface area (Å²) in [5.74, 6) is 0. The van der Waals surface area contributed by atoms with E-state index in [0.29, 0.717) is 28.2 Å². The van der Waals surface area contributed by atoms with Gasteiger partial charge < -0.3 is 27.1 Å². The molecule has 5 aromatic heterocycles. The molecule has 16 aromatic rings. The summed E-state index contributed by atoms with van der Waals surface area (Å²) in [4.78, 5) is 6.52. The van der Waals surface area contributed by atoms with E-state index in [2.05, 4.69) is 136 Å². The number of benzene rings is 11. The quantitative estimate of drug-likeness (QED) is 0.154. The van der Waals surface area contributed by atoms with Crippen LogP contribution < -0.4 is 4.90 Å². The average Bonchev–Trinajstić information content (AvgIpc) is 4.43. The fourth-order valence-electron chi connectivity index (χ4n) is 11.8. The van der Waals surface area contributed by atoms with Gasteiger partial charge in [0, 0.05) is 65.9 Å². The number of anilines is 3. The summed E-state index contributed by atoms with van der Waals surface area (Å²) in [7, 11) is 0. The lowest BCUT2D eigenvalue weighted by atomic mass is 9.97. The highest BCUT2D eigenvalue weighted by molar-refractivity contribution is 6.27. The topological polar surface area (TPSA) is 88.9 Å². The van der Waals surface area contributed by atoms with Gasteiger partial charge in [0.05, 0.1) is 46.0 Å². The van der Waals surface area contributed by atoms with E-state index >= 15 is 0 Å². The summed E-state index contributed by atoms with van der Waals surface area (Å²) in [6.45, 7) is 9.21. The largest absolute Gasteiger partial charge is 0.456 e. The Hall–Kier alpha value is -10.8. The zero-order valence-electron chi connectivity index (χ0n) is 40.2. The molecule has 8 nitrogen and oxygen atoms in total. The molecule has 0 N–H and O–H groups in total. The molecule has 11 aromatic carbocycles. The highest BCUT2D eigenvalue weighted by Gasteiger charge is 2.27. The van der Waals surface area contributed by atoms with Gasteiger partial charge in [-0.2, -0.15) is 5.26 Å². The minimum atomic E-state index is 0.352. The third-order valence-electron chi connectivity index (χ3n) is 15.2. The molecule has 76 heavy (non-hydrogen) atoms. The Bertz CT molecular complexity index is 5230. The Morgan fingerprint density at radius 1 is 0.408 bits per heavy atom. The standard InChI is InChI=1S/C68H36N4O4/c1-70-67-56(71(44-27-28-50-46-11-2-6-17-58(46)75-64(50)37-44)43-25-21-40(22-26-43)41-23-31-62-52(35-41)48-13-4-7-18-59(48)73-62)33-39(38-69)34-57(67)72-54-16-10-15-45(42-24-32-63-53(36-42)49-14-5-8-19-60(49)74-63)65(54)66-55(72)30-29-51-47-12-3-9-20-61(47)76-68(51)66/h2-37H. The van der Waals surface area contributed by atoms with Gasteiger partial charge in [0.1, 0.15) is 44.7 Å². The Morgan fingerprint density at radius 2 is 0.934 bits per heavy atom. The zero-order chi connectivity index (χ0) is 50.2. The summed E-state index contributed by atoms with van der Waals surface area (Å²) >= 11 is 0. The van der Waals surface area contributed by atoms with Crippen LogP contribution in [0.15, 0.2) is 236 Å². The van der Waals surface area contributed by atoms with Gasteiger partial charge in [-0.1, -0.05) is 109 Å². The smallest absolute Gasteiger partial charge is 0.234 e. The fraction of sp³-hybridized carbons (Fsp3) is 0. The zero-order valence-corrected chi connectivity index (χ0v) is 40.2. The predicted octanol–water partition coefficient (Wildman–Crippen LogP) is 19.6. The summed E-state index contributed by atoms with van der Waals surface area (Å²) in [5, 5.41) is 21.1. The third kappa shape index (κ3) is 6.04. The summed E-state index contributed by atoms with van der Waals surface area (Å²) in [6, 6.07) is 76.3. The van der Waals surface area contributed by atoms with Crippen molar-refractivity contribution in [3.05, 3.63) is 235 Å². The van der Waals surface area contributed by atoms with E-state index in [0.717, 1.165) is 138 Å². The Balaban J connectivity index is 0.948. The van der Waals surface area contributed by atoms with E-state index in [1.165, 1.54) is 0 Å². The van der Waals surface area contributed by atoms with E-state index in [1.807, 2.05) is 103 Å². The molecule has 16 rings (SSSR count). The van der Waals surface area contributed by atoms with Crippen molar-refractivity contribution in [3.8, 4) is 34.0 Å². The second-order valence-corrected chi connectivity index (χ2v) is 19.3. The van der Waals surface area contributed by atoms with Gasteiger partial charge in [0.15, 0.2) is 0 Å². The van der Waals surface area contributed by atoms with Crippen molar-refractivity contribution in [2.24, 2.45) is 0 Å². The van der Waals surface area contributed by atoms with Crippen molar-refractivity contribution in [2.75, 3.05) is 4.90 Å². The van der Waals surface area contributed by atoms with Crippen LogP contribution in [-0.4, -0.2) is 4.57 Å². The molecule has 0 unspecified atom stereocenters. The molecule has 0 aliphatic rings. The van der Waals surface area contributed by atoms with Gasteiger partial charge in [0.2, 0.25) is 5.69 Å². The van der Waals surface area contributed by atoms with Crippen molar-refractivity contribution in [3.63, 3.8) is 0 Å². The lowest BCUT2D eigenvalue weighted by Crippen LogP contribution is -2.11. The number of para-hydroxylation sites is 4. The first-order valence-corrected chi connectivity index (χ1v) is 25.0. The number of nitrogens with zero attached hydrogens (tertiary/aromatic N) is 4. The Morgan fingerprint density at radius 3 is 1.61 bits per heavy atom. The number of furan rings is 4. The second-order valence-electron chi connectivity index (χ2n) is 19.3. The molecule has 0 atom stereocenters. The van der Waals surface area contributed by atoms with Crippen LogP contribution in [-0.2, 0) is 0 Å². The number of aromatic nitrogens is 1. The highest BCUT2D eigenvalue weighted by Crippen LogP contribution is 2.50. The predicted molar refractivity (Wildman–Crippen MR) is 306 cm³/mol. The van der Waals surface area contributed by atoms with E-state index < -0.39 is 0 Å². The van der Waals surface area contributed by atoms with E-state index in [-0.39, 0.29) is 0 Å². The van der Waals surface area contributed by atoms with Crippen molar-refractivity contribution in [2.45, 2.75) is 0 Å². The minimum absolute atomic E-state index is 0.352. The Kier molecular flexibility index (Phi) is 8.71.